The molecule has 2 N–H and O–H groups in total. The molecule has 0 radical (unpaired) electrons. The van der Waals surface area contributed by atoms with Crippen molar-refractivity contribution < 1.29 is 29.9 Å². The summed E-state index contributed by atoms with van der Waals surface area (Å²) in [7, 11) is 3.17. The Morgan fingerprint density at radius 1 is 0.776 bits per heavy atom. The topological polar surface area (TPSA) is 44.5 Å². The minimum absolute atomic E-state index is 0. The van der Waals surface area contributed by atoms with Crippen molar-refractivity contribution >= 4 is 24.8 Å². The third-order valence-corrected chi connectivity index (χ3v) is 14.2. The Balaban J connectivity index is 0.000000564. The van der Waals surface area contributed by atoms with E-state index in [1.54, 1.807) is 0 Å². The van der Waals surface area contributed by atoms with Gasteiger partial charge in [-0.15, -0.1) is 0 Å². The average molecular weight is 798 g/mol. The van der Waals surface area contributed by atoms with Crippen molar-refractivity contribution in [1.82, 2.24) is 0 Å². The summed E-state index contributed by atoms with van der Waals surface area (Å²) < 4.78 is 12.6. The fraction of sp³-hybridized carbons (Fsp3) is 0.581. The summed E-state index contributed by atoms with van der Waals surface area (Å²) in [6.45, 7) is 14.7. The molecule has 49 heavy (non-hydrogen) atoms. The first-order valence-electron chi connectivity index (χ1n) is 18.7. The Hall–Kier alpha value is -1.40. The van der Waals surface area contributed by atoms with Gasteiger partial charge in [0, 0.05) is 37.4 Å². The van der Waals surface area contributed by atoms with E-state index in [1.165, 1.54) is 103 Å². The third-order valence-electron chi connectivity index (χ3n) is 10.4. The zero-order chi connectivity index (χ0) is 34.8. The molecule has 2 aliphatic carbocycles. The van der Waals surface area contributed by atoms with Crippen LogP contribution in [-0.2, 0) is 26.8 Å². The number of halogens is 1. The molecule has 5 rings (SSSR count). The van der Waals surface area contributed by atoms with Gasteiger partial charge in [-0.05, 0) is 90.0 Å². The van der Waals surface area contributed by atoms with E-state index in [4.69, 9.17) is 26.8 Å². The molecular weight excluding hydrogens is 735 g/mol. The Labute approximate surface area is 319 Å². The molecule has 2 fully saturated rings. The van der Waals surface area contributed by atoms with Crippen molar-refractivity contribution in [2.75, 3.05) is 20.8 Å². The largest absolute Gasteiger partial charge is 0.496 e. The quantitative estimate of drug-likeness (QED) is 0.119. The van der Waals surface area contributed by atoms with Crippen LogP contribution in [0, 0.1) is 6.07 Å². The van der Waals surface area contributed by atoms with Crippen LogP contribution in [0.25, 0.3) is 11.1 Å². The molecule has 2 saturated carbocycles. The Morgan fingerprint density at radius 3 is 1.73 bits per heavy atom. The second-order valence-corrected chi connectivity index (χ2v) is 17.9. The van der Waals surface area contributed by atoms with Crippen LogP contribution in [-0.4, -0.2) is 32.1 Å². The molecule has 3 aromatic rings. The standard InChI is InChI=1S/C35H52ClO2P.C8H10N.Pd/c1-22(2)25-19-28(23(3)4)32(29(20-25)24(5)6)33-31(37-7)21-30(36)34(38-8)35(33)39(26-15-11-9-12-16-26)27-17-13-10-14-18-27;9-7-6-8-4-2-1-3-5-8;/h19-24,26-27H,9-18H2,1-8H3;1-4H,6-7,9H2;/q;-1;. The maximum absolute atomic E-state index is 7.07. The first kappa shape index (κ1) is 42.0. The smallest absolute Gasteiger partial charge is 0.146 e. The van der Waals surface area contributed by atoms with E-state index in [0.717, 1.165) is 29.2 Å². The van der Waals surface area contributed by atoms with Crippen molar-refractivity contribution in [3.8, 4) is 22.6 Å². The van der Waals surface area contributed by atoms with E-state index in [-0.39, 0.29) is 20.4 Å². The minimum Gasteiger partial charge on any atom is -0.496 e. The second-order valence-electron chi connectivity index (χ2n) is 14.8. The van der Waals surface area contributed by atoms with Crippen LogP contribution in [0.2, 0.25) is 5.02 Å². The Bertz CT molecular complexity index is 1380. The molecule has 0 aliphatic heterocycles. The SMILES string of the molecule is COc1cc(Cl)c(OC)c(P(C2CCCCC2)C2CCCCC2)c1-c1c(C(C)C)cc(C(C)C)cc1C(C)C.NCCc1[c-]cccc1.[Pd]. The van der Waals surface area contributed by atoms with Gasteiger partial charge >= 0.3 is 0 Å². The van der Waals surface area contributed by atoms with Crippen LogP contribution in [0.4, 0.5) is 0 Å². The first-order chi connectivity index (χ1) is 23.1. The monoisotopic (exact) mass is 796 g/mol. The Kier molecular flexibility index (Phi) is 17.7. The van der Waals surface area contributed by atoms with Crippen LogP contribution in [0.3, 0.4) is 0 Å². The molecule has 0 unspecified atom stereocenters. The number of methoxy groups -OCH3 is 2. The van der Waals surface area contributed by atoms with E-state index >= 15 is 0 Å². The predicted molar refractivity (Wildman–Crippen MR) is 211 cm³/mol. The summed E-state index contributed by atoms with van der Waals surface area (Å²) in [5, 5.41) is 2.10. The van der Waals surface area contributed by atoms with E-state index in [0.29, 0.717) is 29.3 Å². The molecule has 0 atom stereocenters. The molecule has 0 saturated heterocycles. The number of nitrogens with two attached hydrogens (primary N) is 1. The molecular formula is C43H62ClNO2PPd-. The van der Waals surface area contributed by atoms with Gasteiger partial charge in [-0.25, -0.2) is 0 Å². The van der Waals surface area contributed by atoms with Crippen molar-refractivity contribution in [3.63, 3.8) is 0 Å². The fourth-order valence-electron chi connectivity index (χ4n) is 7.81. The van der Waals surface area contributed by atoms with Gasteiger partial charge in [-0.3, -0.25) is 0 Å². The first-order valence-corrected chi connectivity index (χ1v) is 20.5. The van der Waals surface area contributed by atoms with Crippen LogP contribution in [0.5, 0.6) is 11.5 Å². The zero-order valence-corrected chi connectivity index (χ0v) is 34.7. The third kappa shape index (κ3) is 10.6. The maximum Gasteiger partial charge on any atom is 0.146 e. The summed E-state index contributed by atoms with van der Waals surface area (Å²) in [6.07, 6.45) is 14.4. The average Bonchev–Trinajstić information content (AvgIpc) is 3.09. The van der Waals surface area contributed by atoms with E-state index in [1.807, 2.05) is 44.6 Å². The van der Waals surface area contributed by atoms with E-state index in [9.17, 15) is 0 Å². The number of ether oxygens (including phenoxy) is 2. The molecule has 0 aromatic heterocycles. The van der Waals surface area contributed by atoms with Gasteiger partial charge in [-0.2, -0.15) is 35.9 Å². The van der Waals surface area contributed by atoms with Gasteiger partial charge in [0.05, 0.1) is 19.2 Å². The summed E-state index contributed by atoms with van der Waals surface area (Å²) in [5.41, 5.74) is 14.9. The van der Waals surface area contributed by atoms with Crippen LogP contribution in [0.1, 0.15) is 146 Å². The van der Waals surface area contributed by atoms with Gasteiger partial charge in [0.15, 0.2) is 0 Å². The number of rotatable bonds is 11. The van der Waals surface area contributed by atoms with Crippen LogP contribution in [0.15, 0.2) is 42.5 Å². The molecule has 0 amide bonds. The second kappa shape index (κ2) is 20.6. The molecule has 6 heteroatoms. The predicted octanol–water partition coefficient (Wildman–Crippen LogP) is 12.2. The molecule has 0 heterocycles. The summed E-state index contributed by atoms with van der Waals surface area (Å²) >= 11 is 7.07. The fourth-order valence-corrected chi connectivity index (χ4v) is 12.2. The number of benzene rings is 3. The van der Waals surface area contributed by atoms with Gasteiger partial charge in [0.2, 0.25) is 0 Å². The summed E-state index contributed by atoms with van der Waals surface area (Å²) in [6, 6.07) is 18.0. The van der Waals surface area contributed by atoms with Gasteiger partial charge in [0.1, 0.15) is 11.5 Å². The van der Waals surface area contributed by atoms with Gasteiger partial charge in [-0.1, -0.05) is 112 Å². The maximum atomic E-state index is 7.07. The van der Waals surface area contributed by atoms with Gasteiger partial charge < -0.3 is 15.2 Å². The van der Waals surface area contributed by atoms with Crippen molar-refractivity contribution in [1.29, 1.82) is 0 Å². The Morgan fingerprint density at radius 2 is 1.33 bits per heavy atom. The molecule has 0 bridgehead atoms. The van der Waals surface area contributed by atoms with Gasteiger partial charge in [0.25, 0.3) is 0 Å². The molecule has 2 aliphatic rings. The van der Waals surface area contributed by atoms with Crippen molar-refractivity contribution in [2.45, 2.75) is 141 Å². The summed E-state index contributed by atoms with van der Waals surface area (Å²) in [4.78, 5) is 0. The summed E-state index contributed by atoms with van der Waals surface area (Å²) in [5.74, 6) is 3.09. The molecule has 274 valence electrons. The number of hydrogen-bond acceptors (Lipinski definition) is 3. The van der Waals surface area contributed by atoms with E-state index < -0.39 is 7.92 Å². The van der Waals surface area contributed by atoms with Crippen molar-refractivity contribution in [3.05, 3.63) is 75.8 Å². The molecule has 0 spiro atoms. The minimum atomic E-state index is -0.474. The molecule has 3 aromatic carbocycles. The number of hydrogen-bond donors (Lipinski definition) is 1. The van der Waals surface area contributed by atoms with Crippen LogP contribution < -0.4 is 20.5 Å². The zero-order valence-electron chi connectivity index (χ0n) is 31.4. The van der Waals surface area contributed by atoms with Crippen molar-refractivity contribution in [2.24, 2.45) is 5.73 Å². The normalized spacial score (nSPS) is 15.7. The van der Waals surface area contributed by atoms with E-state index in [2.05, 4.69) is 59.7 Å². The van der Waals surface area contributed by atoms with Crippen LogP contribution >= 0.6 is 19.5 Å². The molecule has 3 nitrogen and oxygen atoms in total.